The molecule has 0 aliphatic carbocycles. The first-order valence-corrected chi connectivity index (χ1v) is 9.19. The number of Topliss-reactive ketones (excluding diaryl/α,β-unsaturated/α-hetero) is 1. The molecular weight excluding hydrogens is 368 g/mol. The van der Waals surface area contributed by atoms with Crippen LogP contribution in [0.1, 0.15) is 44.6 Å². The minimum Gasteiger partial charge on any atom is -0.496 e. The Hall–Kier alpha value is -2.31. The van der Waals surface area contributed by atoms with Crippen LogP contribution < -0.4 is 9.64 Å². The van der Waals surface area contributed by atoms with Crippen molar-refractivity contribution in [2.45, 2.75) is 27.3 Å². The highest BCUT2D eigenvalue weighted by Crippen LogP contribution is 2.22. The molecule has 1 aromatic carbocycles. The smallest absolute Gasteiger partial charge is 0.340 e. The first-order valence-electron chi connectivity index (χ1n) is 8.81. The molecule has 0 fully saturated rings. The number of H-pyrrole nitrogens is 1. The van der Waals surface area contributed by atoms with E-state index >= 15 is 0 Å². The van der Waals surface area contributed by atoms with Gasteiger partial charge in [0.1, 0.15) is 18.8 Å². The number of aromatic amines is 1. The van der Waals surface area contributed by atoms with Crippen LogP contribution >= 0.6 is 11.6 Å². The van der Waals surface area contributed by atoms with Gasteiger partial charge in [-0.1, -0.05) is 11.6 Å². The molecule has 1 atom stereocenters. The van der Waals surface area contributed by atoms with E-state index in [-0.39, 0.29) is 18.9 Å². The average Bonchev–Trinajstić information content (AvgIpc) is 2.89. The van der Waals surface area contributed by atoms with Gasteiger partial charge in [0.15, 0.2) is 0 Å². The van der Waals surface area contributed by atoms with Crippen molar-refractivity contribution in [3.63, 3.8) is 0 Å². The lowest BCUT2D eigenvalue weighted by molar-refractivity contribution is -0.884. The Morgan fingerprint density at radius 3 is 2.48 bits per heavy atom. The van der Waals surface area contributed by atoms with E-state index in [0.717, 1.165) is 16.2 Å². The summed E-state index contributed by atoms with van der Waals surface area (Å²) >= 11 is 6.08. The Kier molecular flexibility index (Phi) is 7.05. The van der Waals surface area contributed by atoms with Crippen molar-refractivity contribution in [1.29, 1.82) is 0 Å². The number of methoxy groups -OCH3 is 1. The predicted octanol–water partition coefficient (Wildman–Crippen LogP) is 2.37. The molecule has 1 heterocycles. The van der Waals surface area contributed by atoms with Crippen molar-refractivity contribution in [1.82, 2.24) is 4.98 Å². The van der Waals surface area contributed by atoms with Gasteiger partial charge in [-0.3, -0.25) is 4.79 Å². The molecule has 7 heteroatoms. The zero-order chi connectivity index (χ0) is 20.1. The lowest BCUT2D eigenvalue weighted by atomic mass is 10.0. The third-order valence-corrected chi connectivity index (χ3v) is 4.57. The molecule has 1 aromatic heterocycles. The van der Waals surface area contributed by atoms with Crippen LogP contribution in [0.25, 0.3) is 0 Å². The number of quaternary nitrogens is 1. The summed E-state index contributed by atoms with van der Waals surface area (Å²) in [6, 6.07) is 5.41. The number of aromatic nitrogens is 1. The van der Waals surface area contributed by atoms with Crippen LogP contribution in [0, 0.1) is 13.8 Å². The fourth-order valence-corrected chi connectivity index (χ4v) is 3.42. The van der Waals surface area contributed by atoms with Gasteiger partial charge in [0, 0.05) is 22.0 Å². The highest BCUT2D eigenvalue weighted by atomic mass is 35.5. The molecule has 2 rings (SSSR count). The molecule has 2 aromatic rings. The predicted molar refractivity (Wildman–Crippen MR) is 104 cm³/mol. The van der Waals surface area contributed by atoms with Crippen molar-refractivity contribution in [3.05, 3.63) is 51.3 Å². The van der Waals surface area contributed by atoms with Crippen LogP contribution in [0.3, 0.4) is 0 Å². The Morgan fingerprint density at radius 2 is 1.85 bits per heavy atom. The molecule has 0 radical (unpaired) electrons. The SMILES string of the molecule is CCOC(=O)c1c(C)[nH]c(C)c1C(=O)C[NH+](C)Cc1cc(Cl)ccc1OC. The Bertz CT molecular complexity index is 845. The van der Waals surface area contributed by atoms with Crippen molar-refractivity contribution in [2.75, 3.05) is 27.3 Å². The number of aryl methyl sites for hydroxylation is 2. The molecular formula is C20H26ClN2O4+. The van der Waals surface area contributed by atoms with Gasteiger partial charge in [0.25, 0.3) is 0 Å². The van der Waals surface area contributed by atoms with Crippen LogP contribution in [0.4, 0.5) is 0 Å². The third-order valence-electron chi connectivity index (χ3n) is 4.33. The number of nitrogens with one attached hydrogen (secondary N) is 2. The molecule has 0 spiro atoms. The van der Waals surface area contributed by atoms with Gasteiger partial charge < -0.3 is 19.4 Å². The van der Waals surface area contributed by atoms with E-state index in [0.29, 0.717) is 34.1 Å². The number of esters is 1. The Balaban J connectivity index is 2.20. The minimum atomic E-state index is -0.475. The zero-order valence-electron chi connectivity index (χ0n) is 16.4. The summed E-state index contributed by atoms with van der Waals surface area (Å²) < 4.78 is 10.5. The quantitative estimate of drug-likeness (QED) is 0.533. The number of benzene rings is 1. The second-order valence-electron chi connectivity index (χ2n) is 6.54. The van der Waals surface area contributed by atoms with Crippen molar-refractivity contribution >= 4 is 23.4 Å². The van der Waals surface area contributed by atoms with Crippen LogP contribution in [0.15, 0.2) is 18.2 Å². The second kappa shape index (κ2) is 9.06. The zero-order valence-corrected chi connectivity index (χ0v) is 17.1. The molecule has 0 aliphatic rings. The summed E-state index contributed by atoms with van der Waals surface area (Å²) in [5.74, 6) is 0.141. The van der Waals surface area contributed by atoms with Crippen molar-refractivity contribution < 1.29 is 24.0 Å². The van der Waals surface area contributed by atoms with Gasteiger partial charge in [-0.05, 0) is 39.0 Å². The molecule has 0 bridgehead atoms. The number of carbonyl (C=O) groups excluding carboxylic acids is 2. The molecule has 1 unspecified atom stereocenters. The first-order chi connectivity index (χ1) is 12.8. The van der Waals surface area contributed by atoms with Crippen LogP contribution in [-0.2, 0) is 11.3 Å². The number of carbonyl (C=O) groups is 2. The van der Waals surface area contributed by atoms with E-state index < -0.39 is 5.97 Å². The first kappa shape index (κ1) is 21.0. The van der Waals surface area contributed by atoms with Crippen LogP contribution in [0.2, 0.25) is 5.02 Å². The summed E-state index contributed by atoms with van der Waals surface area (Å²) in [5, 5.41) is 0.617. The van der Waals surface area contributed by atoms with E-state index in [9.17, 15) is 9.59 Å². The highest BCUT2D eigenvalue weighted by molar-refractivity contribution is 6.30. The van der Waals surface area contributed by atoms with Crippen molar-refractivity contribution in [2.24, 2.45) is 0 Å². The standard InChI is InChI=1S/C20H25ClN2O4/c1-6-27-20(25)19-13(3)22-12(2)18(19)16(24)11-23(4)10-14-9-15(21)7-8-17(14)26-5/h7-9,22H,6,10-11H2,1-5H3/p+1. The summed E-state index contributed by atoms with van der Waals surface area (Å²) in [7, 11) is 3.52. The number of halogens is 1. The topological polar surface area (TPSA) is 72.8 Å². The number of likely N-dealkylation sites (N-methyl/N-ethyl adjacent to an activating group) is 1. The number of hydrogen-bond acceptors (Lipinski definition) is 4. The molecule has 0 amide bonds. The molecule has 0 aliphatic heterocycles. The van der Waals surface area contributed by atoms with Gasteiger partial charge in [-0.15, -0.1) is 0 Å². The van der Waals surface area contributed by atoms with Crippen molar-refractivity contribution in [3.8, 4) is 5.75 Å². The van der Waals surface area contributed by atoms with E-state index in [4.69, 9.17) is 21.1 Å². The summed E-state index contributed by atoms with van der Waals surface area (Å²) in [4.78, 5) is 29.2. The average molecular weight is 394 g/mol. The number of ketones is 1. The fraction of sp³-hybridized carbons (Fsp3) is 0.400. The van der Waals surface area contributed by atoms with Gasteiger partial charge in [0.2, 0.25) is 5.78 Å². The maximum atomic E-state index is 12.9. The number of hydrogen-bond donors (Lipinski definition) is 2. The number of ether oxygens (including phenoxy) is 2. The maximum Gasteiger partial charge on any atom is 0.340 e. The van der Waals surface area contributed by atoms with Crippen LogP contribution in [0.5, 0.6) is 5.75 Å². The highest BCUT2D eigenvalue weighted by Gasteiger charge is 2.27. The lowest BCUT2D eigenvalue weighted by Crippen LogP contribution is -3.08. The fourth-order valence-electron chi connectivity index (χ4n) is 3.22. The van der Waals surface area contributed by atoms with E-state index in [1.165, 1.54) is 0 Å². The Labute approximate surface area is 164 Å². The lowest BCUT2D eigenvalue weighted by Gasteiger charge is -2.16. The second-order valence-corrected chi connectivity index (χ2v) is 6.97. The third kappa shape index (κ3) is 4.90. The molecule has 0 saturated heterocycles. The Morgan fingerprint density at radius 1 is 1.19 bits per heavy atom. The van der Waals surface area contributed by atoms with E-state index in [1.54, 1.807) is 33.9 Å². The van der Waals surface area contributed by atoms with Gasteiger partial charge in [0.05, 0.1) is 31.9 Å². The van der Waals surface area contributed by atoms with E-state index in [1.807, 2.05) is 19.2 Å². The minimum absolute atomic E-state index is 0.113. The van der Waals surface area contributed by atoms with E-state index in [2.05, 4.69) is 4.98 Å². The summed E-state index contributed by atoms with van der Waals surface area (Å²) in [6.07, 6.45) is 0. The van der Waals surface area contributed by atoms with Gasteiger partial charge in [-0.25, -0.2) is 4.79 Å². The van der Waals surface area contributed by atoms with Crippen LogP contribution in [-0.4, -0.2) is 44.0 Å². The van der Waals surface area contributed by atoms with Gasteiger partial charge in [-0.2, -0.15) is 0 Å². The van der Waals surface area contributed by atoms with Gasteiger partial charge >= 0.3 is 5.97 Å². The summed E-state index contributed by atoms with van der Waals surface area (Å²) in [6.45, 7) is 6.34. The normalized spacial score (nSPS) is 11.9. The molecule has 2 N–H and O–H groups in total. The monoisotopic (exact) mass is 393 g/mol. The molecule has 146 valence electrons. The number of rotatable bonds is 8. The molecule has 27 heavy (non-hydrogen) atoms. The molecule has 6 nitrogen and oxygen atoms in total. The summed E-state index contributed by atoms with van der Waals surface area (Å²) in [5.41, 5.74) is 2.97. The largest absolute Gasteiger partial charge is 0.496 e. The maximum absolute atomic E-state index is 12.9. The molecule has 0 saturated carbocycles.